The number of benzene rings is 1. The van der Waals surface area contributed by atoms with Crippen LogP contribution in [0, 0.1) is 0 Å². The molecule has 0 aliphatic carbocycles. The van der Waals surface area contributed by atoms with Crippen LogP contribution in [0.4, 0.5) is 11.6 Å². The smallest absolute Gasteiger partial charge is 0.357 e. The summed E-state index contributed by atoms with van der Waals surface area (Å²) in [5.74, 6) is 0.286. The van der Waals surface area contributed by atoms with Gasteiger partial charge in [-0.1, -0.05) is 19.9 Å². The summed E-state index contributed by atoms with van der Waals surface area (Å²) in [4.78, 5) is 31.1. The molecule has 5 rings (SSSR count). The number of ether oxygens (including phenoxy) is 2. The van der Waals surface area contributed by atoms with E-state index in [9.17, 15) is 4.79 Å². The monoisotopic (exact) mass is 515 g/mol. The molecule has 38 heavy (non-hydrogen) atoms. The number of rotatable bonds is 7. The summed E-state index contributed by atoms with van der Waals surface area (Å²) >= 11 is 0. The van der Waals surface area contributed by atoms with Gasteiger partial charge in [0.2, 0.25) is 5.95 Å². The van der Waals surface area contributed by atoms with E-state index in [0.29, 0.717) is 24.8 Å². The molecule has 0 bridgehead atoms. The third-order valence-electron chi connectivity index (χ3n) is 6.53. The minimum absolute atomic E-state index is 0.110. The van der Waals surface area contributed by atoms with Crippen molar-refractivity contribution in [2.45, 2.75) is 26.7 Å². The third kappa shape index (κ3) is 4.91. The fourth-order valence-electron chi connectivity index (χ4n) is 4.55. The van der Waals surface area contributed by atoms with Crippen LogP contribution in [0.15, 0.2) is 42.7 Å². The Morgan fingerprint density at radius 1 is 1.13 bits per heavy atom. The van der Waals surface area contributed by atoms with E-state index in [1.54, 1.807) is 25.4 Å². The van der Waals surface area contributed by atoms with Gasteiger partial charge in [-0.15, -0.1) is 0 Å². The van der Waals surface area contributed by atoms with E-state index in [0.717, 1.165) is 46.7 Å². The van der Waals surface area contributed by atoms with Crippen molar-refractivity contribution < 1.29 is 14.3 Å². The molecular formula is C28H33N7O3. The highest BCUT2D eigenvalue weighted by Crippen LogP contribution is 2.36. The fourth-order valence-corrected chi connectivity index (χ4v) is 4.55. The van der Waals surface area contributed by atoms with Gasteiger partial charge in [-0.3, -0.25) is 0 Å². The number of esters is 1. The Hall–Kier alpha value is -4.05. The maximum Gasteiger partial charge on any atom is 0.357 e. The standard InChI is InChI=1S/C28H33N7O3/c1-6-38-27(36)23-15-22(19-16-29-28(30-17-19)34-10-12-37-13-11-34)24-25(18(2)3)32-35(26(24)31-23)21-9-7-8-20(14-21)33(4)5/h7-9,14-18H,6,10-13H2,1-5H3. The lowest BCUT2D eigenvalue weighted by atomic mass is 9.99. The topological polar surface area (TPSA) is 98.5 Å². The van der Waals surface area contributed by atoms with Crippen molar-refractivity contribution in [1.29, 1.82) is 0 Å². The van der Waals surface area contributed by atoms with Gasteiger partial charge in [-0.25, -0.2) is 24.4 Å². The van der Waals surface area contributed by atoms with Crippen molar-refractivity contribution >= 4 is 28.6 Å². The van der Waals surface area contributed by atoms with Gasteiger partial charge in [0.25, 0.3) is 0 Å². The van der Waals surface area contributed by atoms with Crippen LogP contribution in [0.1, 0.15) is 42.9 Å². The van der Waals surface area contributed by atoms with E-state index in [1.807, 2.05) is 41.9 Å². The van der Waals surface area contributed by atoms with E-state index < -0.39 is 5.97 Å². The minimum atomic E-state index is -0.484. The van der Waals surface area contributed by atoms with Crippen LogP contribution in [0.5, 0.6) is 0 Å². The van der Waals surface area contributed by atoms with Gasteiger partial charge in [0.05, 0.1) is 36.6 Å². The average molecular weight is 516 g/mol. The average Bonchev–Trinajstić information content (AvgIpc) is 3.33. The molecule has 0 unspecified atom stereocenters. The number of hydrogen-bond acceptors (Lipinski definition) is 9. The van der Waals surface area contributed by atoms with Gasteiger partial charge >= 0.3 is 5.97 Å². The first kappa shape index (κ1) is 25.6. The lowest BCUT2D eigenvalue weighted by molar-refractivity contribution is 0.0520. The first-order chi connectivity index (χ1) is 18.4. The SMILES string of the molecule is CCOC(=O)c1cc(-c2cnc(N3CCOCC3)nc2)c2c(C(C)C)nn(-c3cccc(N(C)C)c3)c2n1. The summed E-state index contributed by atoms with van der Waals surface area (Å²) < 4.78 is 12.6. The van der Waals surface area contributed by atoms with Crippen molar-refractivity contribution in [3.8, 4) is 16.8 Å². The van der Waals surface area contributed by atoms with Crippen LogP contribution in [0.3, 0.4) is 0 Å². The normalized spacial score (nSPS) is 13.8. The lowest BCUT2D eigenvalue weighted by Gasteiger charge is -2.26. The summed E-state index contributed by atoms with van der Waals surface area (Å²) in [6, 6.07) is 9.83. The van der Waals surface area contributed by atoms with Crippen LogP contribution in [-0.4, -0.2) is 77.7 Å². The number of hydrogen-bond donors (Lipinski definition) is 0. The molecule has 10 heteroatoms. The Kier molecular flexibility index (Phi) is 7.24. The number of morpholine rings is 1. The molecule has 0 N–H and O–H groups in total. The van der Waals surface area contributed by atoms with E-state index in [2.05, 4.69) is 34.8 Å². The predicted octanol–water partition coefficient (Wildman–Crippen LogP) is 4.08. The Labute approximate surface area is 222 Å². The Balaban J connectivity index is 1.72. The van der Waals surface area contributed by atoms with Gasteiger partial charge in [0.1, 0.15) is 0 Å². The largest absolute Gasteiger partial charge is 0.461 e. The summed E-state index contributed by atoms with van der Waals surface area (Å²) in [6.07, 6.45) is 3.60. The summed E-state index contributed by atoms with van der Waals surface area (Å²) in [7, 11) is 3.99. The number of aromatic nitrogens is 5. The molecule has 0 radical (unpaired) electrons. The number of carbonyl (C=O) groups is 1. The third-order valence-corrected chi connectivity index (χ3v) is 6.53. The van der Waals surface area contributed by atoms with Crippen LogP contribution >= 0.6 is 0 Å². The quantitative estimate of drug-likeness (QED) is 0.337. The molecule has 1 fully saturated rings. The summed E-state index contributed by atoms with van der Waals surface area (Å²) in [5.41, 5.74) is 5.14. The number of pyridine rings is 1. The van der Waals surface area contributed by atoms with Crippen LogP contribution in [0.25, 0.3) is 27.8 Å². The van der Waals surface area contributed by atoms with Crippen LogP contribution in [0.2, 0.25) is 0 Å². The van der Waals surface area contributed by atoms with E-state index in [1.165, 1.54) is 0 Å². The molecule has 1 saturated heterocycles. The van der Waals surface area contributed by atoms with Gasteiger partial charge < -0.3 is 19.3 Å². The minimum Gasteiger partial charge on any atom is -0.461 e. The van der Waals surface area contributed by atoms with E-state index in [4.69, 9.17) is 19.6 Å². The number of fused-ring (bicyclic) bond motifs is 1. The Morgan fingerprint density at radius 2 is 1.87 bits per heavy atom. The van der Waals surface area contributed by atoms with Crippen LogP contribution < -0.4 is 9.80 Å². The van der Waals surface area contributed by atoms with Crippen molar-refractivity contribution in [3.63, 3.8) is 0 Å². The molecule has 10 nitrogen and oxygen atoms in total. The predicted molar refractivity (Wildman–Crippen MR) is 147 cm³/mol. The summed E-state index contributed by atoms with van der Waals surface area (Å²) in [5, 5.41) is 5.87. The highest BCUT2D eigenvalue weighted by Gasteiger charge is 2.24. The molecule has 0 saturated carbocycles. The van der Waals surface area contributed by atoms with Gasteiger partial charge in [-0.05, 0) is 37.1 Å². The van der Waals surface area contributed by atoms with Crippen molar-refractivity contribution in [3.05, 3.63) is 54.1 Å². The van der Waals surface area contributed by atoms with Crippen LogP contribution in [-0.2, 0) is 9.47 Å². The molecule has 1 aromatic carbocycles. The second-order valence-electron chi connectivity index (χ2n) is 9.71. The molecule has 1 aliphatic rings. The van der Waals surface area contributed by atoms with E-state index >= 15 is 0 Å². The fraction of sp³-hybridized carbons (Fsp3) is 0.393. The highest BCUT2D eigenvalue weighted by atomic mass is 16.5. The lowest BCUT2D eigenvalue weighted by Crippen LogP contribution is -2.37. The van der Waals surface area contributed by atoms with Crippen molar-refractivity contribution in [1.82, 2.24) is 24.7 Å². The first-order valence-electron chi connectivity index (χ1n) is 12.9. The number of carbonyl (C=O) groups excluding carboxylic acids is 1. The molecule has 4 aromatic rings. The molecule has 3 aromatic heterocycles. The summed E-state index contributed by atoms with van der Waals surface area (Å²) in [6.45, 7) is 9.06. The molecule has 1 aliphatic heterocycles. The maximum absolute atomic E-state index is 12.9. The van der Waals surface area contributed by atoms with Gasteiger partial charge in [0, 0.05) is 56.4 Å². The number of nitrogens with zero attached hydrogens (tertiary/aromatic N) is 7. The highest BCUT2D eigenvalue weighted by molar-refractivity contribution is 6.00. The molecule has 0 atom stereocenters. The number of anilines is 2. The zero-order valence-corrected chi connectivity index (χ0v) is 22.5. The second kappa shape index (κ2) is 10.7. The molecule has 198 valence electrons. The molecule has 0 spiro atoms. The maximum atomic E-state index is 12.9. The van der Waals surface area contributed by atoms with Crippen molar-refractivity contribution in [2.75, 3.05) is 56.8 Å². The zero-order valence-electron chi connectivity index (χ0n) is 22.5. The van der Waals surface area contributed by atoms with E-state index in [-0.39, 0.29) is 18.2 Å². The Morgan fingerprint density at radius 3 is 2.53 bits per heavy atom. The zero-order chi connectivity index (χ0) is 26.8. The molecule has 4 heterocycles. The molecule has 0 amide bonds. The van der Waals surface area contributed by atoms with Gasteiger partial charge in [0.15, 0.2) is 11.3 Å². The molecular weight excluding hydrogens is 482 g/mol. The van der Waals surface area contributed by atoms with Crippen molar-refractivity contribution in [2.24, 2.45) is 0 Å². The van der Waals surface area contributed by atoms with Gasteiger partial charge in [-0.2, -0.15) is 5.10 Å². The first-order valence-corrected chi connectivity index (χ1v) is 12.9. The second-order valence-corrected chi connectivity index (χ2v) is 9.71. The Bertz CT molecular complexity index is 1440.